The van der Waals surface area contributed by atoms with Gasteiger partial charge in [0.25, 0.3) is 5.91 Å². The Bertz CT molecular complexity index is 1260. The normalized spacial score (nSPS) is 17.1. The van der Waals surface area contributed by atoms with Gasteiger partial charge in [-0.3, -0.25) is 9.59 Å². The molecule has 0 saturated heterocycles. The highest BCUT2D eigenvalue weighted by Gasteiger charge is 2.39. The lowest BCUT2D eigenvalue weighted by Crippen LogP contribution is -2.41. The molecule has 1 saturated carbocycles. The third-order valence-corrected chi connectivity index (χ3v) is 6.66. The molecule has 0 unspecified atom stereocenters. The summed E-state index contributed by atoms with van der Waals surface area (Å²) in [7, 11) is 0. The Labute approximate surface area is 210 Å². The Kier molecular flexibility index (Phi) is 6.81. The maximum absolute atomic E-state index is 14.2. The molecule has 1 aliphatic heterocycles. The molecular weight excluding hydrogens is 459 g/mol. The number of hydrogen-bond donors (Lipinski definition) is 1. The number of ether oxygens (including phenoxy) is 1. The van der Waals surface area contributed by atoms with Gasteiger partial charge in [0.2, 0.25) is 5.91 Å². The van der Waals surface area contributed by atoms with E-state index in [9.17, 15) is 14.0 Å². The van der Waals surface area contributed by atoms with Gasteiger partial charge in [-0.2, -0.15) is 0 Å². The number of benzene rings is 2. The molecule has 5 rings (SSSR count). The molecule has 3 aromatic rings. The van der Waals surface area contributed by atoms with Gasteiger partial charge in [-0.15, -0.1) is 0 Å². The van der Waals surface area contributed by atoms with Gasteiger partial charge >= 0.3 is 0 Å². The highest BCUT2D eigenvalue weighted by Crippen LogP contribution is 2.41. The van der Waals surface area contributed by atoms with Crippen LogP contribution in [-0.2, 0) is 17.8 Å². The van der Waals surface area contributed by atoms with Crippen LogP contribution in [-0.4, -0.2) is 29.8 Å². The van der Waals surface area contributed by atoms with Gasteiger partial charge in [0.05, 0.1) is 6.04 Å². The first kappa shape index (κ1) is 24.1. The van der Waals surface area contributed by atoms with Crippen LogP contribution in [0.5, 0.6) is 5.75 Å². The number of fused-ring (bicyclic) bond motifs is 1. The molecule has 188 valence electrons. The maximum atomic E-state index is 14.2. The first-order valence-electron chi connectivity index (χ1n) is 12.6. The van der Waals surface area contributed by atoms with Crippen molar-refractivity contribution < 1.29 is 23.1 Å². The molecule has 1 N–H and O–H groups in total. The highest BCUT2D eigenvalue weighted by atomic mass is 19.1. The second-order valence-corrected chi connectivity index (χ2v) is 10.0. The van der Waals surface area contributed by atoms with E-state index < -0.39 is 0 Å². The minimum atomic E-state index is -0.360. The molecule has 1 atom stereocenters. The summed E-state index contributed by atoms with van der Waals surface area (Å²) in [6.45, 7) is 5.40. The van der Waals surface area contributed by atoms with E-state index in [-0.39, 0.29) is 42.0 Å². The van der Waals surface area contributed by atoms with E-state index in [1.165, 1.54) is 12.1 Å². The Morgan fingerprint density at radius 1 is 1.14 bits per heavy atom. The van der Waals surface area contributed by atoms with Crippen LogP contribution in [0, 0.1) is 17.7 Å². The highest BCUT2D eigenvalue weighted by molar-refractivity contribution is 5.91. The maximum Gasteiger partial charge on any atom is 0.287 e. The SMILES string of the molecule is CC(C)CNC(=O)c1ccc(COc2ccc3c(c2)[C@@H](c2cccc(F)c2)N(C(=O)C2CC2)CC3)o1. The van der Waals surface area contributed by atoms with Gasteiger partial charge in [0.1, 0.15) is 23.9 Å². The average Bonchev–Trinajstić information content (AvgIpc) is 3.62. The van der Waals surface area contributed by atoms with Crippen LogP contribution in [0.2, 0.25) is 0 Å². The lowest BCUT2D eigenvalue weighted by molar-refractivity contribution is -0.134. The first-order valence-corrected chi connectivity index (χ1v) is 12.6. The number of nitrogens with zero attached hydrogens (tertiary/aromatic N) is 1. The number of carbonyl (C=O) groups excluding carboxylic acids is 2. The zero-order valence-electron chi connectivity index (χ0n) is 20.6. The molecule has 36 heavy (non-hydrogen) atoms. The zero-order valence-corrected chi connectivity index (χ0v) is 20.6. The minimum absolute atomic E-state index is 0.0768. The second-order valence-electron chi connectivity index (χ2n) is 10.0. The van der Waals surface area contributed by atoms with Gasteiger partial charge in [-0.25, -0.2) is 4.39 Å². The van der Waals surface area contributed by atoms with E-state index in [2.05, 4.69) is 5.32 Å². The van der Waals surface area contributed by atoms with E-state index >= 15 is 0 Å². The van der Waals surface area contributed by atoms with Gasteiger partial charge < -0.3 is 19.4 Å². The third-order valence-electron chi connectivity index (χ3n) is 6.66. The average molecular weight is 491 g/mol. The standard InChI is InChI=1S/C29H31FN2O4/c1-18(2)16-31-28(33)26-11-10-24(36-26)17-35-23-9-8-19-12-13-32(29(34)20-6-7-20)27(25(19)15-23)21-4-3-5-22(30)14-21/h3-5,8-11,14-15,18,20,27H,6-7,12-13,16-17H2,1-2H3,(H,31,33)/t27-/m1/s1. The van der Waals surface area contributed by atoms with E-state index in [4.69, 9.17) is 9.15 Å². The molecular formula is C29H31FN2O4. The van der Waals surface area contributed by atoms with Crippen LogP contribution >= 0.6 is 0 Å². The van der Waals surface area contributed by atoms with Crippen molar-refractivity contribution in [3.63, 3.8) is 0 Å². The predicted octanol–water partition coefficient (Wildman–Crippen LogP) is 5.27. The summed E-state index contributed by atoms with van der Waals surface area (Å²) in [5, 5.41) is 2.84. The first-order chi connectivity index (χ1) is 17.4. The van der Waals surface area contributed by atoms with Crippen LogP contribution in [0.15, 0.2) is 59.0 Å². The monoisotopic (exact) mass is 490 g/mol. The molecule has 0 bridgehead atoms. The number of hydrogen-bond acceptors (Lipinski definition) is 4. The number of rotatable bonds is 8. The lowest BCUT2D eigenvalue weighted by atomic mass is 9.87. The Hall–Kier alpha value is -3.61. The Balaban J connectivity index is 1.35. The van der Waals surface area contributed by atoms with Gasteiger partial charge in [-0.05, 0) is 78.3 Å². The lowest BCUT2D eigenvalue weighted by Gasteiger charge is -2.38. The van der Waals surface area contributed by atoms with Crippen LogP contribution in [0.3, 0.4) is 0 Å². The van der Waals surface area contributed by atoms with Crippen molar-refractivity contribution in [2.75, 3.05) is 13.1 Å². The third kappa shape index (κ3) is 5.30. The molecule has 1 aliphatic carbocycles. The van der Waals surface area contributed by atoms with Crippen LogP contribution in [0.4, 0.5) is 4.39 Å². The minimum Gasteiger partial charge on any atom is -0.486 e. The van der Waals surface area contributed by atoms with Crippen LogP contribution in [0.1, 0.15) is 65.7 Å². The van der Waals surface area contributed by atoms with E-state index in [1.54, 1.807) is 18.2 Å². The fourth-order valence-corrected chi connectivity index (χ4v) is 4.64. The van der Waals surface area contributed by atoms with Crippen LogP contribution in [0.25, 0.3) is 0 Å². The molecule has 2 heterocycles. The van der Waals surface area contributed by atoms with Gasteiger partial charge in [0.15, 0.2) is 5.76 Å². The van der Waals surface area contributed by atoms with E-state index in [0.717, 1.165) is 36.0 Å². The summed E-state index contributed by atoms with van der Waals surface area (Å²) in [6.07, 6.45) is 2.58. The quantitative estimate of drug-likeness (QED) is 0.467. The number of nitrogens with one attached hydrogen (secondary N) is 1. The smallest absolute Gasteiger partial charge is 0.287 e. The second kappa shape index (κ2) is 10.2. The number of halogens is 1. The molecule has 1 aromatic heterocycles. The summed E-state index contributed by atoms with van der Waals surface area (Å²) in [4.78, 5) is 27.3. The van der Waals surface area contributed by atoms with Crippen molar-refractivity contribution in [2.24, 2.45) is 11.8 Å². The fraction of sp³-hybridized carbons (Fsp3) is 0.379. The van der Waals surface area contributed by atoms with Crippen molar-refractivity contribution in [1.29, 1.82) is 0 Å². The fourth-order valence-electron chi connectivity index (χ4n) is 4.64. The summed E-state index contributed by atoms with van der Waals surface area (Å²) >= 11 is 0. The van der Waals surface area contributed by atoms with Gasteiger partial charge in [0, 0.05) is 19.0 Å². The molecule has 0 spiro atoms. The molecule has 2 aliphatic rings. The predicted molar refractivity (Wildman–Crippen MR) is 133 cm³/mol. The van der Waals surface area contributed by atoms with Crippen molar-refractivity contribution in [2.45, 2.75) is 45.8 Å². The van der Waals surface area contributed by atoms with Crippen LogP contribution < -0.4 is 10.1 Å². The van der Waals surface area contributed by atoms with Crippen molar-refractivity contribution >= 4 is 11.8 Å². The largest absolute Gasteiger partial charge is 0.486 e. The molecule has 2 aromatic carbocycles. The number of carbonyl (C=O) groups is 2. The topological polar surface area (TPSA) is 71.8 Å². The summed E-state index contributed by atoms with van der Waals surface area (Å²) < 4.78 is 25.8. The van der Waals surface area contributed by atoms with Gasteiger partial charge in [-0.1, -0.05) is 32.0 Å². The Morgan fingerprint density at radius 3 is 2.72 bits per heavy atom. The Morgan fingerprint density at radius 2 is 1.97 bits per heavy atom. The molecule has 0 radical (unpaired) electrons. The summed E-state index contributed by atoms with van der Waals surface area (Å²) in [5.41, 5.74) is 2.83. The molecule has 7 heteroatoms. The van der Waals surface area contributed by atoms with Crippen molar-refractivity contribution in [1.82, 2.24) is 10.2 Å². The summed E-state index contributed by atoms with van der Waals surface area (Å²) in [5.74, 6) is 1.40. The molecule has 2 amide bonds. The zero-order chi connectivity index (χ0) is 25.2. The van der Waals surface area contributed by atoms with Crippen molar-refractivity contribution in [3.8, 4) is 5.75 Å². The molecule has 1 fully saturated rings. The number of furan rings is 1. The number of amides is 2. The summed E-state index contributed by atoms with van der Waals surface area (Å²) in [6, 6.07) is 15.4. The van der Waals surface area contributed by atoms with E-state index in [0.29, 0.717) is 30.5 Å². The molecule has 6 nitrogen and oxygen atoms in total. The van der Waals surface area contributed by atoms with E-state index in [1.807, 2.05) is 43.0 Å². The van der Waals surface area contributed by atoms with Crippen molar-refractivity contribution in [3.05, 3.63) is 88.6 Å².